The Morgan fingerprint density at radius 3 is 1.84 bits per heavy atom. The maximum absolute atomic E-state index is 12.6. The Bertz CT molecular complexity index is 337. The van der Waals surface area contributed by atoms with Gasteiger partial charge in [-0.1, -0.05) is 0 Å². The molecular weight excluding hydrogens is 242 g/mol. The third kappa shape index (κ3) is 3.10. The van der Waals surface area contributed by atoms with Gasteiger partial charge >= 0.3 is 5.97 Å². The first-order valence-electron chi connectivity index (χ1n) is 7.55. The van der Waals surface area contributed by atoms with E-state index in [-0.39, 0.29) is 17.7 Å². The zero-order valence-corrected chi connectivity index (χ0v) is 12.0. The first-order valence-corrected chi connectivity index (χ1v) is 7.55. The number of hydrogen-bond donors (Lipinski definition) is 1. The first-order chi connectivity index (χ1) is 9.00. The van der Waals surface area contributed by atoms with Crippen molar-refractivity contribution < 1.29 is 14.7 Å². The molecule has 1 N–H and O–H groups in total. The van der Waals surface area contributed by atoms with Crippen molar-refractivity contribution in [1.82, 2.24) is 4.90 Å². The molecule has 1 aliphatic carbocycles. The van der Waals surface area contributed by atoms with Gasteiger partial charge in [0.2, 0.25) is 5.91 Å². The highest BCUT2D eigenvalue weighted by Crippen LogP contribution is 2.33. The third-order valence-corrected chi connectivity index (χ3v) is 4.87. The van der Waals surface area contributed by atoms with Gasteiger partial charge < -0.3 is 10.0 Å². The average molecular weight is 267 g/mol. The second-order valence-electron chi connectivity index (χ2n) is 6.26. The summed E-state index contributed by atoms with van der Waals surface area (Å²) in [5.74, 6) is -0.618. The summed E-state index contributed by atoms with van der Waals surface area (Å²) in [6.45, 7) is 4.27. The number of nitrogens with zero attached hydrogens (tertiary/aromatic N) is 1. The summed E-state index contributed by atoms with van der Waals surface area (Å²) < 4.78 is 0. The Balaban J connectivity index is 1.95. The van der Waals surface area contributed by atoms with Crippen molar-refractivity contribution in [3.8, 4) is 0 Å². The lowest BCUT2D eigenvalue weighted by molar-refractivity contribution is -0.148. The van der Waals surface area contributed by atoms with Crippen LogP contribution in [0.5, 0.6) is 0 Å². The van der Waals surface area contributed by atoms with E-state index in [9.17, 15) is 9.59 Å². The normalized spacial score (nSPS) is 36.0. The van der Waals surface area contributed by atoms with E-state index >= 15 is 0 Å². The predicted molar refractivity (Wildman–Crippen MR) is 72.7 cm³/mol. The van der Waals surface area contributed by atoms with Crippen LogP contribution in [-0.4, -0.2) is 34.0 Å². The summed E-state index contributed by atoms with van der Waals surface area (Å²) in [7, 11) is 0. The molecule has 19 heavy (non-hydrogen) atoms. The number of piperidine rings is 1. The van der Waals surface area contributed by atoms with Crippen molar-refractivity contribution in [2.45, 2.75) is 70.9 Å². The summed E-state index contributed by atoms with van der Waals surface area (Å²) in [5.41, 5.74) is 0. The number of carbonyl (C=O) groups is 2. The fourth-order valence-electron chi connectivity index (χ4n) is 3.65. The highest BCUT2D eigenvalue weighted by molar-refractivity contribution is 5.80. The van der Waals surface area contributed by atoms with Gasteiger partial charge in [0.05, 0.1) is 5.92 Å². The van der Waals surface area contributed by atoms with Gasteiger partial charge in [0.1, 0.15) is 0 Å². The molecule has 2 unspecified atom stereocenters. The lowest BCUT2D eigenvalue weighted by Gasteiger charge is -2.42. The standard InChI is InChI=1S/C15H25NO3/c1-10-4-3-5-11(2)16(10)14(17)12-6-8-13(9-7-12)15(18)19/h10-13H,3-9H2,1-2H3,(H,18,19). The van der Waals surface area contributed by atoms with E-state index in [1.165, 1.54) is 6.42 Å². The molecule has 4 heteroatoms. The minimum absolute atomic E-state index is 0.0543. The van der Waals surface area contributed by atoms with E-state index in [0.29, 0.717) is 24.9 Å². The van der Waals surface area contributed by atoms with Crippen LogP contribution >= 0.6 is 0 Å². The maximum Gasteiger partial charge on any atom is 0.306 e. The largest absolute Gasteiger partial charge is 0.481 e. The number of likely N-dealkylation sites (tertiary alicyclic amines) is 1. The van der Waals surface area contributed by atoms with Crippen LogP contribution in [0.2, 0.25) is 0 Å². The zero-order valence-electron chi connectivity index (χ0n) is 12.0. The van der Waals surface area contributed by atoms with Crippen LogP contribution in [0.1, 0.15) is 58.8 Å². The van der Waals surface area contributed by atoms with Crippen molar-refractivity contribution in [3.05, 3.63) is 0 Å². The fraction of sp³-hybridized carbons (Fsp3) is 0.867. The Morgan fingerprint density at radius 1 is 0.895 bits per heavy atom. The Labute approximate surface area is 115 Å². The number of amides is 1. The average Bonchev–Trinajstić information content (AvgIpc) is 2.38. The molecule has 0 bridgehead atoms. The van der Waals surface area contributed by atoms with Crippen LogP contribution in [0.3, 0.4) is 0 Å². The number of carbonyl (C=O) groups excluding carboxylic acids is 1. The number of hydrogen-bond acceptors (Lipinski definition) is 2. The Kier molecular flexibility index (Phi) is 4.48. The van der Waals surface area contributed by atoms with Crippen LogP contribution in [0, 0.1) is 11.8 Å². The molecule has 1 heterocycles. The molecule has 2 fully saturated rings. The lowest BCUT2D eigenvalue weighted by Crippen LogP contribution is -2.50. The molecule has 108 valence electrons. The van der Waals surface area contributed by atoms with E-state index in [0.717, 1.165) is 25.7 Å². The highest BCUT2D eigenvalue weighted by atomic mass is 16.4. The second kappa shape index (κ2) is 5.93. The van der Waals surface area contributed by atoms with Gasteiger partial charge in [-0.3, -0.25) is 9.59 Å². The Morgan fingerprint density at radius 2 is 1.37 bits per heavy atom. The Hall–Kier alpha value is -1.06. The fourth-order valence-corrected chi connectivity index (χ4v) is 3.65. The summed E-state index contributed by atoms with van der Waals surface area (Å²) >= 11 is 0. The second-order valence-corrected chi connectivity index (χ2v) is 6.26. The zero-order chi connectivity index (χ0) is 14.0. The van der Waals surface area contributed by atoms with Crippen LogP contribution in [0.4, 0.5) is 0 Å². The molecule has 1 amide bonds. The molecule has 1 aliphatic heterocycles. The van der Waals surface area contributed by atoms with Crippen LogP contribution in [0.15, 0.2) is 0 Å². The van der Waals surface area contributed by atoms with Crippen LogP contribution < -0.4 is 0 Å². The molecule has 1 saturated carbocycles. The monoisotopic (exact) mass is 267 g/mol. The summed E-state index contributed by atoms with van der Waals surface area (Å²) in [5, 5.41) is 9.00. The van der Waals surface area contributed by atoms with Crippen LogP contribution in [0.25, 0.3) is 0 Å². The molecule has 0 aromatic heterocycles. The van der Waals surface area contributed by atoms with Crippen molar-refractivity contribution in [1.29, 1.82) is 0 Å². The molecule has 2 aliphatic rings. The topological polar surface area (TPSA) is 57.6 Å². The molecule has 2 rings (SSSR count). The number of carboxylic acid groups (broad SMARTS) is 1. The third-order valence-electron chi connectivity index (χ3n) is 4.87. The molecule has 4 nitrogen and oxygen atoms in total. The molecular formula is C15H25NO3. The molecule has 2 atom stereocenters. The molecule has 0 spiro atoms. The van der Waals surface area contributed by atoms with Gasteiger partial charge in [0.25, 0.3) is 0 Å². The maximum atomic E-state index is 12.6. The van der Waals surface area contributed by atoms with E-state index < -0.39 is 5.97 Å². The minimum Gasteiger partial charge on any atom is -0.481 e. The number of aliphatic carboxylic acids is 1. The van der Waals surface area contributed by atoms with Crippen molar-refractivity contribution in [2.24, 2.45) is 11.8 Å². The van der Waals surface area contributed by atoms with Gasteiger partial charge in [-0.15, -0.1) is 0 Å². The van der Waals surface area contributed by atoms with Crippen LogP contribution in [-0.2, 0) is 9.59 Å². The number of rotatable bonds is 2. The predicted octanol–water partition coefficient (Wildman–Crippen LogP) is 2.67. The highest BCUT2D eigenvalue weighted by Gasteiger charge is 2.36. The van der Waals surface area contributed by atoms with Gasteiger partial charge in [-0.2, -0.15) is 0 Å². The molecule has 0 radical (unpaired) electrons. The molecule has 0 aromatic rings. The summed E-state index contributed by atoms with van der Waals surface area (Å²) in [6, 6.07) is 0.682. The van der Waals surface area contributed by atoms with Gasteiger partial charge in [0, 0.05) is 18.0 Å². The van der Waals surface area contributed by atoms with Crippen molar-refractivity contribution in [2.75, 3.05) is 0 Å². The molecule has 1 saturated heterocycles. The van der Waals surface area contributed by atoms with E-state index in [4.69, 9.17) is 5.11 Å². The SMILES string of the molecule is CC1CCCC(C)N1C(=O)C1CCC(C(=O)O)CC1. The number of carboxylic acids is 1. The smallest absolute Gasteiger partial charge is 0.306 e. The first kappa shape index (κ1) is 14.4. The van der Waals surface area contributed by atoms with E-state index in [1.54, 1.807) is 0 Å². The van der Waals surface area contributed by atoms with E-state index in [2.05, 4.69) is 18.7 Å². The van der Waals surface area contributed by atoms with Crippen molar-refractivity contribution in [3.63, 3.8) is 0 Å². The van der Waals surface area contributed by atoms with Gasteiger partial charge in [-0.25, -0.2) is 0 Å². The van der Waals surface area contributed by atoms with Gasteiger partial charge in [-0.05, 0) is 58.8 Å². The van der Waals surface area contributed by atoms with E-state index in [1.807, 2.05) is 0 Å². The lowest BCUT2D eigenvalue weighted by atomic mass is 9.80. The quantitative estimate of drug-likeness (QED) is 0.836. The molecule has 0 aromatic carbocycles. The van der Waals surface area contributed by atoms with Gasteiger partial charge in [0.15, 0.2) is 0 Å². The summed E-state index contributed by atoms with van der Waals surface area (Å²) in [4.78, 5) is 25.6. The van der Waals surface area contributed by atoms with Crippen molar-refractivity contribution >= 4 is 11.9 Å². The minimum atomic E-state index is -0.703. The summed E-state index contributed by atoms with van der Waals surface area (Å²) in [6.07, 6.45) is 6.20.